The molecule has 110 valence electrons. The van der Waals surface area contributed by atoms with E-state index in [0.29, 0.717) is 6.42 Å². The molecule has 2 unspecified atom stereocenters. The van der Waals surface area contributed by atoms with Gasteiger partial charge >= 0.3 is 5.97 Å². The summed E-state index contributed by atoms with van der Waals surface area (Å²) in [6.07, 6.45) is 4.26. The van der Waals surface area contributed by atoms with Gasteiger partial charge in [0.15, 0.2) is 11.6 Å². The number of nitrogens with one attached hydrogen (secondary N) is 1. The van der Waals surface area contributed by atoms with Gasteiger partial charge in [-0.1, -0.05) is 18.2 Å². The predicted molar refractivity (Wildman–Crippen MR) is 70.3 cm³/mol. The molecule has 0 heterocycles. The fourth-order valence-corrected chi connectivity index (χ4v) is 3.33. The van der Waals surface area contributed by atoms with E-state index in [9.17, 15) is 23.5 Å². The molecule has 3 rings (SSSR count). The van der Waals surface area contributed by atoms with E-state index in [-0.39, 0.29) is 17.5 Å². The highest BCUT2D eigenvalue weighted by molar-refractivity contribution is 5.96. The number of carboxylic acids is 1. The number of aliphatic carboxylic acids is 1. The normalized spacial score (nSPS) is 29.6. The topological polar surface area (TPSA) is 66.4 Å². The number of hydrogen-bond donors (Lipinski definition) is 2. The van der Waals surface area contributed by atoms with Crippen molar-refractivity contribution >= 4 is 17.6 Å². The van der Waals surface area contributed by atoms with Crippen LogP contribution in [0.5, 0.6) is 0 Å². The van der Waals surface area contributed by atoms with Gasteiger partial charge in [-0.15, -0.1) is 0 Å². The highest BCUT2D eigenvalue weighted by Crippen LogP contribution is 2.48. The number of halogens is 2. The quantitative estimate of drug-likeness (QED) is 0.841. The Morgan fingerprint density at radius 1 is 1.14 bits per heavy atom. The molecule has 0 aliphatic heterocycles. The van der Waals surface area contributed by atoms with Crippen LogP contribution in [0.3, 0.4) is 0 Å². The second-order valence-electron chi connectivity index (χ2n) is 5.43. The maximum atomic E-state index is 13.6. The van der Waals surface area contributed by atoms with E-state index in [4.69, 9.17) is 0 Å². The van der Waals surface area contributed by atoms with Gasteiger partial charge in [-0.25, -0.2) is 8.78 Å². The summed E-state index contributed by atoms with van der Waals surface area (Å²) in [4.78, 5) is 23.6. The number of carboxylic acid groups (broad SMARTS) is 1. The Hall–Kier alpha value is -2.24. The zero-order chi connectivity index (χ0) is 15.1. The highest BCUT2D eigenvalue weighted by Gasteiger charge is 2.51. The lowest BCUT2D eigenvalue weighted by atomic mass is 9.82. The van der Waals surface area contributed by atoms with Crippen molar-refractivity contribution in [3.05, 3.63) is 42.0 Å². The minimum Gasteiger partial charge on any atom is -0.481 e. The number of anilines is 1. The molecule has 1 aromatic carbocycles. The summed E-state index contributed by atoms with van der Waals surface area (Å²) < 4.78 is 26.7. The number of fused-ring (bicyclic) bond motifs is 2. The zero-order valence-electron chi connectivity index (χ0n) is 10.9. The molecule has 4 atom stereocenters. The van der Waals surface area contributed by atoms with Gasteiger partial charge < -0.3 is 10.4 Å². The maximum Gasteiger partial charge on any atom is 0.307 e. The van der Waals surface area contributed by atoms with E-state index in [0.717, 1.165) is 6.07 Å². The third-order valence-electron chi connectivity index (χ3n) is 4.26. The van der Waals surface area contributed by atoms with Crippen LogP contribution in [0, 0.1) is 35.3 Å². The van der Waals surface area contributed by atoms with Gasteiger partial charge in [0.25, 0.3) is 0 Å². The zero-order valence-corrected chi connectivity index (χ0v) is 10.9. The van der Waals surface area contributed by atoms with Crippen LogP contribution in [-0.4, -0.2) is 17.0 Å². The van der Waals surface area contributed by atoms with E-state index >= 15 is 0 Å². The second kappa shape index (κ2) is 4.95. The molecule has 0 radical (unpaired) electrons. The number of rotatable bonds is 3. The van der Waals surface area contributed by atoms with Gasteiger partial charge in [-0.05, 0) is 30.4 Å². The van der Waals surface area contributed by atoms with Crippen LogP contribution >= 0.6 is 0 Å². The molecule has 1 amide bonds. The van der Waals surface area contributed by atoms with Gasteiger partial charge in [0.2, 0.25) is 5.91 Å². The summed E-state index contributed by atoms with van der Waals surface area (Å²) in [6.45, 7) is 0. The molecule has 0 spiro atoms. The number of amides is 1. The van der Waals surface area contributed by atoms with Gasteiger partial charge in [0.05, 0.1) is 17.5 Å². The first-order chi connectivity index (χ1) is 9.99. The molecule has 4 nitrogen and oxygen atoms in total. The number of allylic oxidation sites excluding steroid dienone is 2. The van der Waals surface area contributed by atoms with Crippen LogP contribution in [0.4, 0.5) is 14.5 Å². The Morgan fingerprint density at radius 2 is 1.81 bits per heavy atom. The average molecular weight is 293 g/mol. The lowest BCUT2D eigenvalue weighted by molar-refractivity contribution is -0.146. The van der Waals surface area contributed by atoms with Gasteiger partial charge in [-0.2, -0.15) is 0 Å². The Balaban J connectivity index is 1.84. The van der Waals surface area contributed by atoms with Crippen LogP contribution < -0.4 is 5.32 Å². The number of carbonyl (C=O) groups is 2. The first-order valence-electron chi connectivity index (χ1n) is 6.65. The van der Waals surface area contributed by atoms with E-state index in [1.54, 1.807) is 0 Å². The van der Waals surface area contributed by atoms with Crippen molar-refractivity contribution < 1.29 is 23.5 Å². The van der Waals surface area contributed by atoms with Crippen LogP contribution in [0.25, 0.3) is 0 Å². The summed E-state index contributed by atoms with van der Waals surface area (Å²) in [6, 6.07) is 3.48. The monoisotopic (exact) mass is 293 g/mol. The minimum absolute atomic E-state index is 0.160. The van der Waals surface area contributed by atoms with Crippen molar-refractivity contribution in [2.75, 3.05) is 5.32 Å². The van der Waals surface area contributed by atoms with Crippen molar-refractivity contribution in [2.45, 2.75) is 6.42 Å². The van der Waals surface area contributed by atoms with Gasteiger partial charge in [0, 0.05) is 0 Å². The molecule has 2 bridgehead atoms. The number of hydrogen-bond acceptors (Lipinski definition) is 2. The largest absolute Gasteiger partial charge is 0.481 e. The summed E-state index contributed by atoms with van der Waals surface area (Å²) in [5.41, 5.74) is -0.268. The molecule has 6 heteroatoms. The molecule has 0 saturated heterocycles. The van der Waals surface area contributed by atoms with Gasteiger partial charge in [0.1, 0.15) is 0 Å². The summed E-state index contributed by atoms with van der Waals surface area (Å²) in [5.74, 6) is -5.70. The fraction of sp³-hybridized carbons (Fsp3) is 0.333. The van der Waals surface area contributed by atoms with E-state index in [1.807, 2.05) is 12.2 Å². The molecule has 2 aliphatic carbocycles. The predicted octanol–water partition coefficient (Wildman–Crippen LogP) is 2.43. The van der Waals surface area contributed by atoms with E-state index < -0.39 is 35.3 Å². The highest BCUT2D eigenvalue weighted by atomic mass is 19.2. The van der Waals surface area contributed by atoms with Crippen LogP contribution in [0.15, 0.2) is 30.4 Å². The van der Waals surface area contributed by atoms with E-state index in [1.165, 1.54) is 12.1 Å². The minimum atomic E-state index is -1.14. The smallest absolute Gasteiger partial charge is 0.307 e. The van der Waals surface area contributed by atoms with Crippen molar-refractivity contribution in [3.63, 3.8) is 0 Å². The molecule has 2 aliphatic rings. The van der Waals surface area contributed by atoms with Gasteiger partial charge in [-0.3, -0.25) is 9.59 Å². The van der Waals surface area contributed by atoms with Crippen molar-refractivity contribution in [2.24, 2.45) is 23.7 Å². The van der Waals surface area contributed by atoms with Crippen molar-refractivity contribution in [3.8, 4) is 0 Å². The summed E-state index contributed by atoms with van der Waals surface area (Å²) in [5, 5.41) is 11.6. The summed E-state index contributed by atoms with van der Waals surface area (Å²) >= 11 is 0. The molecule has 2 N–H and O–H groups in total. The van der Waals surface area contributed by atoms with Crippen LogP contribution in [-0.2, 0) is 9.59 Å². The number of benzene rings is 1. The first-order valence-corrected chi connectivity index (χ1v) is 6.65. The Bertz CT molecular complexity index is 644. The fourth-order valence-electron chi connectivity index (χ4n) is 3.33. The molecule has 1 aromatic rings. The average Bonchev–Trinajstić information content (AvgIpc) is 3.04. The number of carbonyl (C=O) groups excluding carboxylic acids is 1. The van der Waals surface area contributed by atoms with Crippen LogP contribution in [0.2, 0.25) is 0 Å². The SMILES string of the molecule is O=C(O)[C@@H]1C2C=CC(C2)[C@@H]1C(=O)Nc1cccc(F)c1F. The van der Waals surface area contributed by atoms with Crippen molar-refractivity contribution in [1.82, 2.24) is 0 Å². The standard InChI is InChI=1S/C15H13F2NO3/c16-9-2-1-3-10(13(9)17)18-14(19)11-7-4-5-8(6-7)12(11)15(20)21/h1-5,7-8,11-12H,6H2,(H,18,19)(H,20,21)/t7?,8?,11-,12+/m0/s1. The molecule has 1 fully saturated rings. The maximum absolute atomic E-state index is 13.6. The molecular weight excluding hydrogens is 280 g/mol. The third kappa shape index (κ3) is 2.20. The van der Waals surface area contributed by atoms with E-state index in [2.05, 4.69) is 5.32 Å². The Kier molecular flexibility index (Phi) is 3.23. The molecule has 21 heavy (non-hydrogen) atoms. The lowest BCUT2D eigenvalue weighted by Gasteiger charge is -2.23. The Morgan fingerprint density at radius 3 is 2.48 bits per heavy atom. The second-order valence-corrected chi connectivity index (χ2v) is 5.43. The molecule has 0 aromatic heterocycles. The van der Waals surface area contributed by atoms with Crippen LogP contribution in [0.1, 0.15) is 6.42 Å². The first kappa shape index (κ1) is 13.7. The third-order valence-corrected chi connectivity index (χ3v) is 4.26. The summed E-state index contributed by atoms with van der Waals surface area (Å²) in [7, 11) is 0. The molecular formula is C15H13F2NO3. The lowest BCUT2D eigenvalue weighted by Crippen LogP contribution is -2.36. The van der Waals surface area contributed by atoms with Crippen molar-refractivity contribution in [1.29, 1.82) is 0 Å². The Labute approximate surface area is 119 Å². The molecule has 1 saturated carbocycles.